The third kappa shape index (κ3) is 2.77. The molecule has 2 heteroatoms. The molecule has 0 aliphatic carbocycles. The molecule has 1 rings (SSSR count). The highest BCUT2D eigenvalue weighted by Crippen LogP contribution is 2.10. The van der Waals surface area contributed by atoms with Crippen LogP contribution in [0.15, 0.2) is 18.2 Å². The molecule has 14 heavy (non-hydrogen) atoms. The predicted octanol–water partition coefficient (Wildman–Crippen LogP) is 2.26. The maximum atomic E-state index is 8.59. The minimum absolute atomic E-state index is 0.791. The lowest BCUT2D eigenvalue weighted by molar-refractivity contribution is 0.478. The summed E-state index contributed by atoms with van der Waals surface area (Å²) in [6, 6.07) is 6.46. The van der Waals surface area contributed by atoms with E-state index in [-0.39, 0.29) is 0 Å². The number of hydrogen-bond donors (Lipinski definition) is 0. The molecule has 0 atom stereocenters. The second-order valence-electron chi connectivity index (χ2n) is 3.69. The van der Waals surface area contributed by atoms with Crippen LogP contribution in [0, 0.1) is 25.3 Å². The molecule has 1 aromatic carbocycles. The fraction of sp³-hybridized carbons (Fsp3) is 0.417. The fourth-order valence-corrected chi connectivity index (χ4v) is 1.31. The number of nitrogens with zero attached hydrogens (tertiary/aromatic N) is 2. The number of benzene rings is 1. The maximum Gasteiger partial charge on any atom is 0.179 e. The van der Waals surface area contributed by atoms with Gasteiger partial charge in [0, 0.05) is 13.6 Å². The molecule has 0 bridgehead atoms. The summed E-state index contributed by atoms with van der Waals surface area (Å²) in [6.07, 6.45) is 3.03. The van der Waals surface area contributed by atoms with Crippen molar-refractivity contribution in [2.75, 3.05) is 13.6 Å². The molecule has 0 N–H and O–H groups in total. The van der Waals surface area contributed by atoms with Crippen molar-refractivity contribution in [2.45, 2.75) is 20.3 Å². The highest BCUT2D eigenvalue weighted by atomic mass is 15.1. The van der Waals surface area contributed by atoms with E-state index >= 15 is 0 Å². The van der Waals surface area contributed by atoms with E-state index in [4.69, 9.17) is 5.26 Å². The average molecular weight is 188 g/mol. The molecule has 0 saturated carbocycles. The number of aryl methyl sites for hydroxylation is 2. The fourth-order valence-electron chi connectivity index (χ4n) is 1.31. The summed E-state index contributed by atoms with van der Waals surface area (Å²) in [4.78, 5) is 1.65. The van der Waals surface area contributed by atoms with E-state index in [1.807, 2.05) is 0 Å². The van der Waals surface area contributed by atoms with Crippen molar-refractivity contribution in [3.8, 4) is 6.19 Å². The van der Waals surface area contributed by atoms with Gasteiger partial charge >= 0.3 is 0 Å². The van der Waals surface area contributed by atoms with Gasteiger partial charge in [-0.1, -0.05) is 18.2 Å². The second kappa shape index (κ2) is 4.66. The van der Waals surface area contributed by atoms with E-state index in [0.29, 0.717) is 0 Å². The molecule has 0 fully saturated rings. The van der Waals surface area contributed by atoms with E-state index in [2.05, 4.69) is 38.2 Å². The molecule has 0 unspecified atom stereocenters. The Morgan fingerprint density at radius 3 is 2.57 bits per heavy atom. The van der Waals surface area contributed by atoms with E-state index in [0.717, 1.165) is 13.0 Å². The normalized spacial score (nSPS) is 9.57. The summed E-state index contributed by atoms with van der Waals surface area (Å²) in [5.41, 5.74) is 3.94. The Kier molecular flexibility index (Phi) is 3.53. The van der Waals surface area contributed by atoms with E-state index < -0.39 is 0 Å². The van der Waals surface area contributed by atoms with Crippen LogP contribution < -0.4 is 0 Å². The van der Waals surface area contributed by atoms with Gasteiger partial charge in [-0.25, -0.2) is 0 Å². The molecule has 0 aromatic heterocycles. The first-order chi connectivity index (χ1) is 6.63. The molecule has 0 heterocycles. The third-order valence-electron chi connectivity index (χ3n) is 2.48. The lowest BCUT2D eigenvalue weighted by Crippen LogP contribution is -2.14. The largest absolute Gasteiger partial charge is 0.313 e. The van der Waals surface area contributed by atoms with Gasteiger partial charge in [0.05, 0.1) is 0 Å². The summed E-state index contributed by atoms with van der Waals surface area (Å²) in [6.45, 7) is 5.02. The first-order valence-electron chi connectivity index (χ1n) is 4.80. The summed E-state index contributed by atoms with van der Waals surface area (Å²) >= 11 is 0. The highest BCUT2D eigenvalue weighted by Gasteiger charge is 1.98. The predicted molar refractivity (Wildman–Crippen MR) is 57.9 cm³/mol. The van der Waals surface area contributed by atoms with Gasteiger partial charge in [0.2, 0.25) is 0 Å². The summed E-state index contributed by atoms with van der Waals surface area (Å²) < 4.78 is 0. The molecule has 0 radical (unpaired) electrons. The Morgan fingerprint density at radius 1 is 1.29 bits per heavy atom. The molecule has 0 amide bonds. The summed E-state index contributed by atoms with van der Waals surface area (Å²) in [5, 5.41) is 8.59. The minimum Gasteiger partial charge on any atom is -0.313 e. The molecule has 2 nitrogen and oxygen atoms in total. The van der Waals surface area contributed by atoms with Crippen molar-refractivity contribution in [3.05, 3.63) is 34.9 Å². The van der Waals surface area contributed by atoms with Crippen molar-refractivity contribution < 1.29 is 0 Å². The van der Waals surface area contributed by atoms with Crippen molar-refractivity contribution in [1.82, 2.24) is 4.90 Å². The quantitative estimate of drug-likeness (QED) is 0.537. The average Bonchev–Trinajstić information content (AvgIpc) is 2.19. The van der Waals surface area contributed by atoms with Gasteiger partial charge in [-0.3, -0.25) is 0 Å². The minimum atomic E-state index is 0.791. The number of hydrogen-bond acceptors (Lipinski definition) is 2. The first-order valence-corrected chi connectivity index (χ1v) is 4.80. The molecule has 74 valence electrons. The van der Waals surface area contributed by atoms with Gasteiger partial charge in [-0.2, -0.15) is 5.26 Å². The van der Waals surface area contributed by atoms with Crippen LogP contribution in [-0.2, 0) is 6.42 Å². The molecule has 0 saturated heterocycles. The summed E-state index contributed by atoms with van der Waals surface area (Å²) in [7, 11) is 1.81. The van der Waals surface area contributed by atoms with E-state index in [1.54, 1.807) is 11.9 Å². The highest BCUT2D eigenvalue weighted by molar-refractivity contribution is 5.30. The van der Waals surface area contributed by atoms with Gasteiger partial charge < -0.3 is 4.90 Å². The molecule has 0 spiro atoms. The zero-order valence-corrected chi connectivity index (χ0v) is 9.04. The Hall–Kier alpha value is -1.49. The second-order valence-corrected chi connectivity index (χ2v) is 3.69. The van der Waals surface area contributed by atoms with Crippen molar-refractivity contribution in [3.63, 3.8) is 0 Å². The molecule has 0 aliphatic heterocycles. The molecular weight excluding hydrogens is 172 g/mol. The van der Waals surface area contributed by atoms with Crippen molar-refractivity contribution in [2.24, 2.45) is 0 Å². The van der Waals surface area contributed by atoms with Crippen LogP contribution in [0.4, 0.5) is 0 Å². The summed E-state index contributed by atoms with van der Waals surface area (Å²) in [5.74, 6) is 0. The lowest BCUT2D eigenvalue weighted by Gasteiger charge is -2.09. The van der Waals surface area contributed by atoms with Gasteiger partial charge in [0.15, 0.2) is 6.19 Å². The topological polar surface area (TPSA) is 27.0 Å². The first kappa shape index (κ1) is 10.6. The standard InChI is InChI=1S/C12H16N2/c1-10-4-5-12(8-11(10)2)6-7-14(3)9-13/h4-5,8H,6-7H2,1-3H3. The number of likely N-dealkylation sites (N-methyl/N-ethyl adjacent to an activating group) is 1. The zero-order chi connectivity index (χ0) is 10.6. The lowest BCUT2D eigenvalue weighted by atomic mass is 10.0. The van der Waals surface area contributed by atoms with Crippen LogP contribution in [0.1, 0.15) is 16.7 Å². The van der Waals surface area contributed by atoms with Gasteiger partial charge in [-0.15, -0.1) is 0 Å². The van der Waals surface area contributed by atoms with Gasteiger partial charge in [0.25, 0.3) is 0 Å². The van der Waals surface area contributed by atoms with E-state index in [1.165, 1.54) is 16.7 Å². The Labute approximate surface area is 85.8 Å². The smallest absolute Gasteiger partial charge is 0.179 e. The van der Waals surface area contributed by atoms with Crippen LogP contribution in [0.25, 0.3) is 0 Å². The Bertz CT molecular complexity index is 350. The van der Waals surface area contributed by atoms with Gasteiger partial charge in [-0.05, 0) is 37.0 Å². The van der Waals surface area contributed by atoms with Crippen LogP contribution in [0.2, 0.25) is 0 Å². The third-order valence-corrected chi connectivity index (χ3v) is 2.48. The maximum absolute atomic E-state index is 8.59. The van der Waals surface area contributed by atoms with Crippen LogP contribution >= 0.6 is 0 Å². The molecular formula is C12H16N2. The SMILES string of the molecule is Cc1ccc(CCN(C)C#N)cc1C. The monoisotopic (exact) mass is 188 g/mol. The Morgan fingerprint density at radius 2 is 2.00 bits per heavy atom. The zero-order valence-electron chi connectivity index (χ0n) is 9.04. The molecule has 1 aromatic rings. The van der Waals surface area contributed by atoms with E-state index in [9.17, 15) is 0 Å². The number of rotatable bonds is 3. The van der Waals surface area contributed by atoms with Crippen LogP contribution in [0.3, 0.4) is 0 Å². The van der Waals surface area contributed by atoms with Crippen LogP contribution in [-0.4, -0.2) is 18.5 Å². The number of nitriles is 1. The van der Waals surface area contributed by atoms with Crippen molar-refractivity contribution >= 4 is 0 Å². The Balaban J connectivity index is 2.61. The van der Waals surface area contributed by atoms with Gasteiger partial charge in [0.1, 0.15) is 0 Å². The van der Waals surface area contributed by atoms with Crippen LogP contribution in [0.5, 0.6) is 0 Å². The van der Waals surface area contributed by atoms with Crippen molar-refractivity contribution in [1.29, 1.82) is 5.26 Å². The molecule has 0 aliphatic rings.